The van der Waals surface area contributed by atoms with E-state index in [4.69, 9.17) is 0 Å². The first-order chi connectivity index (χ1) is 11.7. The van der Waals surface area contributed by atoms with Crippen LogP contribution in [0.25, 0.3) is 0 Å². The lowest BCUT2D eigenvalue weighted by Crippen LogP contribution is -2.01. The molecule has 3 aromatic rings. The zero-order valence-corrected chi connectivity index (χ0v) is 14.6. The van der Waals surface area contributed by atoms with E-state index in [1.807, 2.05) is 61.5 Å². The number of benzene rings is 2. The van der Waals surface area contributed by atoms with Crippen LogP contribution in [0.5, 0.6) is 0 Å². The monoisotopic (exact) mass is 378 g/mol. The molecule has 1 aromatic heterocycles. The van der Waals surface area contributed by atoms with Crippen LogP contribution in [0.15, 0.2) is 65.3 Å². The van der Waals surface area contributed by atoms with Gasteiger partial charge in [0.2, 0.25) is 5.95 Å². The number of nitrogens with one attached hydrogen (secondary N) is 2. The van der Waals surface area contributed by atoms with Crippen molar-refractivity contribution >= 4 is 39.1 Å². The molecule has 0 spiro atoms. The number of halogens is 1. The molecule has 118 valence electrons. The van der Waals surface area contributed by atoms with E-state index in [0.29, 0.717) is 11.8 Å². The smallest absolute Gasteiger partial charge is 0.229 e. The molecule has 0 aliphatic carbocycles. The van der Waals surface area contributed by atoms with Gasteiger partial charge in [0, 0.05) is 23.1 Å². The first-order valence-electron chi connectivity index (χ1n) is 7.39. The number of anilines is 4. The van der Waals surface area contributed by atoms with E-state index in [1.165, 1.54) is 0 Å². The van der Waals surface area contributed by atoms with Crippen LogP contribution in [0.3, 0.4) is 0 Å². The molecule has 0 amide bonds. The third kappa shape index (κ3) is 4.12. The van der Waals surface area contributed by atoms with E-state index >= 15 is 0 Å². The minimum atomic E-state index is 0.519. The summed E-state index contributed by atoms with van der Waals surface area (Å²) in [5, 5.41) is 6.46. The quantitative estimate of drug-likeness (QED) is 0.620. The predicted octanol–water partition coefficient (Wildman–Crippen LogP) is 5.10. The van der Waals surface area contributed by atoms with E-state index in [1.54, 1.807) is 6.20 Å². The zero-order chi connectivity index (χ0) is 16.8. The summed E-state index contributed by atoms with van der Waals surface area (Å²) in [5.74, 6) is 7.12. The van der Waals surface area contributed by atoms with Crippen molar-refractivity contribution in [2.75, 3.05) is 10.6 Å². The summed E-state index contributed by atoms with van der Waals surface area (Å²) < 4.78 is 0.797. The fraction of sp³-hybridized carbons (Fsp3) is 0.0526. The zero-order valence-electron chi connectivity index (χ0n) is 13.0. The highest BCUT2D eigenvalue weighted by molar-refractivity contribution is 9.10. The molecule has 1 heterocycles. The topological polar surface area (TPSA) is 49.8 Å². The van der Waals surface area contributed by atoms with E-state index in [2.05, 4.69) is 48.4 Å². The molecule has 5 heteroatoms. The third-order valence-electron chi connectivity index (χ3n) is 3.19. The highest BCUT2D eigenvalue weighted by atomic mass is 79.9. The van der Waals surface area contributed by atoms with Crippen molar-refractivity contribution in [1.82, 2.24) is 9.97 Å². The van der Waals surface area contributed by atoms with Crippen LogP contribution in [0, 0.1) is 11.8 Å². The number of nitrogens with zero attached hydrogens (tertiary/aromatic N) is 2. The Balaban J connectivity index is 1.78. The van der Waals surface area contributed by atoms with E-state index in [0.717, 1.165) is 21.4 Å². The second-order valence-electron chi connectivity index (χ2n) is 4.96. The molecule has 4 nitrogen and oxygen atoms in total. The number of para-hydroxylation sites is 1. The summed E-state index contributed by atoms with van der Waals surface area (Å²) in [5.41, 5.74) is 2.85. The van der Waals surface area contributed by atoms with Gasteiger partial charge in [-0.05, 0) is 59.3 Å². The lowest BCUT2D eigenvalue weighted by atomic mass is 10.2. The van der Waals surface area contributed by atoms with Crippen LogP contribution >= 0.6 is 15.9 Å². The second kappa shape index (κ2) is 7.62. The van der Waals surface area contributed by atoms with E-state index in [-0.39, 0.29) is 0 Å². The number of hydrogen-bond donors (Lipinski definition) is 2. The second-order valence-corrected chi connectivity index (χ2v) is 5.81. The largest absolute Gasteiger partial charge is 0.339 e. The molecule has 0 unspecified atom stereocenters. The van der Waals surface area contributed by atoms with Crippen molar-refractivity contribution < 1.29 is 0 Å². The lowest BCUT2D eigenvalue weighted by Gasteiger charge is -2.10. The van der Waals surface area contributed by atoms with Gasteiger partial charge in [-0.1, -0.05) is 24.1 Å². The summed E-state index contributed by atoms with van der Waals surface area (Å²) in [6, 6.07) is 17.7. The van der Waals surface area contributed by atoms with Crippen molar-refractivity contribution in [3.05, 3.63) is 70.8 Å². The van der Waals surface area contributed by atoms with Crippen LogP contribution < -0.4 is 10.6 Å². The van der Waals surface area contributed by atoms with Crippen LogP contribution in [0.1, 0.15) is 12.5 Å². The van der Waals surface area contributed by atoms with Gasteiger partial charge in [-0.25, -0.2) is 4.98 Å². The fourth-order valence-electron chi connectivity index (χ4n) is 2.08. The van der Waals surface area contributed by atoms with Gasteiger partial charge >= 0.3 is 0 Å². The number of rotatable bonds is 4. The van der Waals surface area contributed by atoms with Crippen molar-refractivity contribution in [2.45, 2.75) is 6.92 Å². The standard InChI is InChI=1S/C19H15BrN4/c1-2-6-14-9-11-16(12-10-14)23-19-21-13-17(20)18(24-19)22-15-7-4-3-5-8-15/h3-5,7-13H,1H3,(H2,21,22,23,24). The first-order valence-corrected chi connectivity index (χ1v) is 8.18. The van der Waals surface area contributed by atoms with Crippen molar-refractivity contribution in [3.63, 3.8) is 0 Å². The van der Waals surface area contributed by atoms with Gasteiger partial charge in [0.1, 0.15) is 5.82 Å². The summed E-state index contributed by atoms with van der Waals surface area (Å²) in [6.45, 7) is 1.82. The van der Waals surface area contributed by atoms with Crippen LogP contribution in [0.2, 0.25) is 0 Å². The Morgan fingerprint density at radius 1 is 0.917 bits per heavy atom. The molecule has 3 rings (SSSR count). The summed E-state index contributed by atoms with van der Waals surface area (Å²) in [7, 11) is 0. The van der Waals surface area contributed by atoms with Gasteiger partial charge in [-0.15, -0.1) is 5.92 Å². The van der Waals surface area contributed by atoms with Crippen LogP contribution in [-0.4, -0.2) is 9.97 Å². The van der Waals surface area contributed by atoms with Gasteiger partial charge in [0.15, 0.2) is 0 Å². The Labute approximate surface area is 149 Å². The lowest BCUT2D eigenvalue weighted by molar-refractivity contribution is 1.15. The molecule has 0 bridgehead atoms. The van der Waals surface area contributed by atoms with Crippen LogP contribution in [-0.2, 0) is 0 Å². The Bertz CT molecular complexity index is 881. The Morgan fingerprint density at radius 3 is 2.33 bits per heavy atom. The maximum atomic E-state index is 4.51. The first kappa shape index (κ1) is 16.0. The van der Waals surface area contributed by atoms with Crippen molar-refractivity contribution in [3.8, 4) is 11.8 Å². The Kier molecular flexibility index (Phi) is 5.09. The Morgan fingerprint density at radius 2 is 1.62 bits per heavy atom. The van der Waals surface area contributed by atoms with Crippen molar-refractivity contribution in [1.29, 1.82) is 0 Å². The summed E-state index contributed by atoms with van der Waals surface area (Å²) in [6.07, 6.45) is 1.72. The molecule has 0 saturated heterocycles. The normalized spacial score (nSPS) is 9.75. The average molecular weight is 379 g/mol. The van der Waals surface area contributed by atoms with Gasteiger partial charge in [0.25, 0.3) is 0 Å². The maximum Gasteiger partial charge on any atom is 0.229 e. The molecule has 0 fully saturated rings. The number of hydrogen-bond acceptors (Lipinski definition) is 4. The molecule has 0 saturated carbocycles. The molecule has 0 radical (unpaired) electrons. The van der Waals surface area contributed by atoms with E-state index < -0.39 is 0 Å². The highest BCUT2D eigenvalue weighted by Crippen LogP contribution is 2.25. The highest BCUT2D eigenvalue weighted by Gasteiger charge is 2.06. The Hall–Kier alpha value is -2.84. The van der Waals surface area contributed by atoms with Crippen molar-refractivity contribution in [2.24, 2.45) is 0 Å². The molecule has 0 aliphatic heterocycles. The SMILES string of the molecule is CC#Cc1ccc(Nc2ncc(Br)c(Nc3ccccc3)n2)cc1. The molecule has 2 aromatic carbocycles. The average Bonchev–Trinajstić information content (AvgIpc) is 2.61. The molecular formula is C19H15BrN4. The minimum Gasteiger partial charge on any atom is -0.339 e. The fourth-order valence-corrected chi connectivity index (χ4v) is 2.37. The molecule has 24 heavy (non-hydrogen) atoms. The third-order valence-corrected chi connectivity index (χ3v) is 3.77. The summed E-state index contributed by atoms with van der Waals surface area (Å²) >= 11 is 3.47. The van der Waals surface area contributed by atoms with Gasteiger partial charge in [-0.3, -0.25) is 0 Å². The van der Waals surface area contributed by atoms with Crippen LogP contribution in [0.4, 0.5) is 23.1 Å². The maximum absolute atomic E-state index is 4.51. The minimum absolute atomic E-state index is 0.519. The molecule has 2 N–H and O–H groups in total. The summed E-state index contributed by atoms with van der Waals surface area (Å²) in [4.78, 5) is 8.81. The van der Waals surface area contributed by atoms with E-state index in [9.17, 15) is 0 Å². The molecule has 0 atom stereocenters. The number of aromatic nitrogens is 2. The van der Waals surface area contributed by atoms with Gasteiger partial charge < -0.3 is 10.6 Å². The molecular weight excluding hydrogens is 364 g/mol. The predicted molar refractivity (Wildman–Crippen MR) is 102 cm³/mol. The van der Waals surface area contributed by atoms with Gasteiger partial charge in [0.05, 0.1) is 4.47 Å². The van der Waals surface area contributed by atoms with Gasteiger partial charge in [-0.2, -0.15) is 4.98 Å². The molecule has 0 aliphatic rings.